The van der Waals surface area contributed by atoms with E-state index in [1.165, 1.54) is 5.56 Å². The Morgan fingerprint density at radius 3 is 2.91 bits per heavy atom. The Bertz CT molecular complexity index is 523. The smallest absolute Gasteiger partial charge is 0.238 e. The van der Waals surface area contributed by atoms with Crippen LogP contribution < -0.4 is 5.32 Å². The van der Waals surface area contributed by atoms with Gasteiger partial charge in [0.25, 0.3) is 0 Å². The number of ether oxygens (including phenoxy) is 1. The summed E-state index contributed by atoms with van der Waals surface area (Å²) in [5, 5.41) is 13.1. The van der Waals surface area contributed by atoms with Gasteiger partial charge in [0.2, 0.25) is 5.91 Å². The van der Waals surface area contributed by atoms with Crippen LogP contribution in [0.5, 0.6) is 0 Å². The number of amides is 1. The normalized spacial score (nSPS) is 28.9. The van der Waals surface area contributed by atoms with Gasteiger partial charge >= 0.3 is 0 Å². The molecular formula is C17H24N2O3. The van der Waals surface area contributed by atoms with Crippen molar-refractivity contribution in [1.82, 2.24) is 4.90 Å². The minimum Gasteiger partial charge on any atom is -0.390 e. The van der Waals surface area contributed by atoms with Gasteiger partial charge in [0.1, 0.15) is 5.60 Å². The summed E-state index contributed by atoms with van der Waals surface area (Å²) in [5.74, 6) is -0.0200. The van der Waals surface area contributed by atoms with Crippen LogP contribution in [0.4, 0.5) is 5.69 Å². The Morgan fingerprint density at radius 1 is 1.45 bits per heavy atom. The Hall–Kier alpha value is -1.43. The third kappa shape index (κ3) is 3.32. The van der Waals surface area contributed by atoms with E-state index < -0.39 is 11.7 Å². The van der Waals surface area contributed by atoms with E-state index >= 15 is 0 Å². The number of aliphatic hydroxyl groups is 1. The first-order valence-electron chi connectivity index (χ1n) is 7.98. The molecule has 2 N–H and O–H groups in total. The summed E-state index contributed by atoms with van der Waals surface area (Å²) in [6.45, 7) is 4.43. The number of hydrogen-bond acceptors (Lipinski definition) is 4. The number of anilines is 1. The molecule has 120 valence electrons. The molecule has 0 aromatic heterocycles. The van der Waals surface area contributed by atoms with Crippen molar-refractivity contribution < 1.29 is 14.6 Å². The zero-order valence-corrected chi connectivity index (χ0v) is 13.0. The van der Waals surface area contributed by atoms with Crippen molar-refractivity contribution in [3.8, 4) is 0 Å². The van der Waals surface area contributed by atoms with E-state index in [2.05, 4.69) is 10.2 Å². The maximum atomic E-state index is 12.2. The van der Waals surface area contributed by atoms with Crippen molar-refractivity contribution >= 4 is 11.6 Å². The second-order valence-corrected chi connectivity index (χ2v) is 6.45. The fourth-order valence-corrected chi connectivity index (χ4v) is 3.41. The minimum atomic E-state index is -0.456. The molecule has 1 aromatic carbocycles. The van der Waals surface area contributed by atoms with Crippen LogP contribution in [0, 0.1) is 6.92 Å². The molecule has 1 aromatic rings. The number of hydrogen-bond donors (Lipinski definition) is 2. The average Bonchev–Trinajstić information content (AvgIpc) is 2.95. The monoisotopic (exact) mass is 304 g/mol. The summed E-state index contributed by atoms with van der Waals surface area (Å²) in [6, 6.07) is 7.78. The number of benzene rings is 1. The second-order valence-electron chi connectivity index (χ2n) is 6.45. The summed E-state index contributed by atoms with van der Waals surface area (Å²) in [4.78, 5) is 14.3. The van der Waals surface area contributed by atoms with Gasteiger partial charge in [-0.3, -0.25) is 9.69 Å². The number of rotatable bonds is 3. The minimum absolute atomic E-state index is 0.0200. The summed E-state index contributed by atoms with van der Waals surface area (Å²) in [7, 11) is 0. The highest BCUT2D eigenvalue weighted by atomic mass is 16.5. The lowest BCUT2D eigenvalue weighted by Gasteiger charge is -2.42. The quantitative estimate of drug-likeness (QED) is 0.889. The fourth-order valence-electron chi connectivity index (χ4n) is 3.41. The molecule has 5 nitrogen and oxygen atoms in total. The highest BCUT2D eigenvalue weighted by Gasteiger charge is 2.46. The van der Waals surface area contributed by atoms with Crippen molar-refractivity contribution in [3.05, 3.63) is 29.8 Å². The molecule has 0 saturated carbocycles. The SMILES string of the molecule is Cc1ccc(NC(=O)CN2CC[C@H](O)[C@]3(CCCO3)C2)cc1. The van der Waals surface area contributed by atoms with Gasteiger partial charge in [0, 0.05) is 25.4 Å². The molecule has 2 fully saturated rings. The predicted octanol–water partition coefficient (Wildman–Crippen LogP) is 1.55. The van der Waals surface area contributed by atoms with Crippen molar-refractivity contribution in [2.24, 2.45) is 0 Å². The Balaban J connectivity index is 1.56. The zero-order chi connectivity index (χ0) is 15.6. The summed E-state index contributed by atoms with van der Waals surface area (Å²) >= 11 is 0. The van der Waals surface area contributed by atoms with E-state index in [-0.39, 0.29) is 5.91 Å². The fraction of sp³-hybridized carbons (Fsp3) is 0.588. The van der Waals surface area contributed by atoms with Gasteiger partial charge in [-0.2, -0.15) is 0 Å². The lowest BCUT2D eigenvalue weighted by molar-refractivity contribution is -0.137. The Kier molecular flexibility index (Phi) is 4.47. The summed E-state index contributed by atoms with van der Waals surface area (Å²) in [6.07, 6.45) is 2.12. The molecule has 2 aliphatic heterocycles. The van der Waals surface area contributed by atoms with E-state index in [9.17, 15) is 9.90 Å². The topological polar surface area (TPSA) is 61.8 Å². The van der Waals surface area contributed by atoms with Gasteiger partial charge < -0.3 is 15.2 Å². The lowest BCUT2D eigenvalue weighted by Crippen LogP contribution is -2.57. The number of carbonyl (C=O) groups is 1. The standard InChI is InChI=1S/C17H24N2O3/c1-13-3-5-14(6-4-13)18-16(21)11-19-9-7-15(20)17(12-19)8-2-10-22-17/h3-6,15,20H,2,7-12H2,1H3,(H,18,21)/t15-,17-/m0/s1. The highest BCUT2D eigenvalue weighted by Crippen LogP contribution is 2.34. The number of aryl methyl sites for hydroxylation is 1. The van der Waals surface area contributed by atoms with Crippen LogP contribution in [-0.2, 0) is 9.53 Å². The number of piperidine rings is 1. The van der Waals surface area contributed by atoms with Crippen LogP contribution in [0.3, 0.4) is 0 Å². The van der Waals surface area contributed by atoms with Crippen LogP contribution in [-0.4, -0.2) is 53.9 Å². The first-order valence-corrected chi connectivity index (χ1v) is 7.98. The Labute approximate surface area is 131 Å². The van der Waals surface area contributed by atoms with Gasteiger partial charge in [-0.15, -0.1) is 0 Å². The second kappa shape index (κ2) is 6.36. The van der Waals surface area contributed by atoms with Crippen molar-refractivity contribution in [3.63, 3.8) is 0 Å². The lowest BCUT2D eigenvalue weighted by atomic mass is 9.87. The first kappa shape index (κ1) is 15.5. The van der Waals surface area contributed by atoms with Gasteiger partial charge in [-0.05, 0) is 38.3 Å². The average molecular weight is 304 g/mol. The molecule has 2 saturated heterocycles. The van der Waals surface area contributed by atoms with E-state index in [0.717, 1.165) is 25.1 Å². The molecule has 1 spiro atoms. The van der Waals surface area contributed by atoms with Crippen LogP contribution in [0.25, 0.3) is 0 Å². The molecular weight excluding hydrogens is 280 g/mol. The first-order chi connectivity index (χ1) is 10.6. The number of nitrogens with zero attached hydrogens (tertiary/aromatic N) is 1. The summed E-state index contributed by atoms with van der Waals surface area (Å²) in [5.41, 5.74) is 1.53. The van der Waals surface area contributed by atoms with Crippen molar-refractivity contribution in [2.75, 3.05) is 31.6 Å². The molecule has 1 amide bonds. The van der Waals surface area contributed by atoms with Crippen molar-refractivity contribution in [1.29, 1.82) is 0 Å². The van der Waals surface area contributed by atoms with Crippen LogP contribution >= 0.6 is 0 Å². The molecule has 2 aliphatic rings. The molecule has 0 bridgehead atoms. The molecule has 0 radical (unpaired) electrons. The molecule has 2 atom stereocenters. The van der Waals surface area contributed by atoms with E-state index in [1.807, 2.05) is 31.2 Å². The van der Waals surface area contributed by atoms with E-state index in [4.69, 9.17) is 4.74 Å². The van der Waals surface area contributed by atoms with E-state index in [0.29, 0.717) is 26.1 Å². The van der Waals surface area contributed by atoms with Gasteiger partial charge in [0.05, 0.1) is 12.6 Å². The Morgan fingerprint density at radius 2 is 2.23 bits per heavy atom. The molecule has 0 unspecified atom stereocenters. The third-order valence-corrected chi connectivity index (χ3v) is 4.65. The molecule has 0 aliphatic carbocycles. The van der Waals surface area contributed by atoms with Crippen molar-refractivity contribution in [2.45, 2.75) is 37.9 Å². The molecule has 22 heavy (non-hydrogen) atoms. The predicted molar refractivity (Wildman–Crippen MR) is 84.8 cm³/mol. The number of carbonyl (C=O) groups excluding carboxylic acids is 1. The highest BCUT2D eigenvalue weighted by molar-refractivity contribution is 5.92. The number of nitrogens with one attached hydrogen (secondary N) is 1. The van der Waals surface area contributed by atoms with E-state index in [1.54, 1.807) is 0 Å². The van der Waals surface area contributed by atoms with Crippen LogP contribution in [0.2, 0.25) is 0 Å². The molecule has 5 heteroatoms. The molecule has 2 heterocycles. The van der Waals surface area contributed by atoms with Gasteiger partial charge in [-0.1, -0.05) is 17.7 Å². The van der Waals surface area contributed by atoms with Gasteiger partial charge in [0.15, 0.2) is 0 Å². The van der Waals surface area contributed by atoms with Crippen LogP contribution in [0.1, 0.15) is 24.8 Å². The van der Waals surface area contributed by atoms with Gasteiger partial charge in [-0.25, -0.2) is 0 Å². The molecule has 3 rings (SSSR count). The number of aliphatic hydroxyl groups excluding tert-OH is 1. The van der Waals surface area contributed by atoms with Crippen LogP contribution in [0.15, 0.2) is 24.3 Å². The largest absolute Gasteiger partial charge is 0.390 e. The summed E-state index contributed by atoms with van der Waals surface area (Å²) < 4.78 is 5.81. The third-order valence-electron chi connectivity index (χ3n) is 4.65. The maximum Gasteiger partial charge on any atom is 0.238 e. The number of likely N-dealkylation sites (tertiary alicyclic amines) is 1. The maximum absolute atomic E-state index is 12.2. The zero-order valence-electron chi connectivity index (χ0n) is 13.0.